The Morgan fingerprint density at radius 2 is 2.44 bits per heavy atom. The second kappa shape index (κ2) is 3.07. The summed E-state index contributed by atoms with van der Waals surface area (Å²) in [5.41, 5.74) is 0.990. The zero-order valence-corrected chi connectivity index (χ0v) is 5.12. The molecular weight excluding hydrogens is 114 g/mol. The van der Waals surface area contributed by atoms with Crippen LogP contribution in [0, 0.1) is 0 Å². The Bertz CT molecular complexity index is 164. The Morgan fingerprint density at radius 1 is 1.56 bits per heavy atom. The summed E-state index contributed by atoms with van der Waals surface area (Å²) in [7, 11) is 0. The maximum Gasteiger partial charge on any atom is 0.0730 e. The first-order chi connectivity index (χ1) is 4.43. The summed E-state index contributed by atoms with van der Waals surface area (Å²) in [6, 6.07) is 0. The maximum atomic E-state index is 8.11. The second-order valence-corrected chi connectivity index (χ2v) is 1.93. The molecule has 0 radical (unpaired) electrons. The molecule has 0 unspecified atom stereocenters. The van der Waals surface area contributed by atoms with E-state index in [1.54, 1.807) is 0 Å². The normalized spacial score (nSPS) is 18.4. The number of hydrogen-bond acceptors (Lipinski definition) is 2. The molecule has 0 bridgehead atoms. The molecule has 0 aromatic carbocycles. The van der Waals surface area contributed by atoms with E-state index < -0.39 is 0 Å². The van der Waals surface area contributed by atoms with Crippen molar-refractivity contribution < 1.29 is 5.21 Å². The number of allylic oxidation sites excluding steroid dienone is 4. The van der Waals surface area contributed by atoms with Crippen molar-refractivity contribution >= 4 is 6.21 Å². The fourth-order valence-corrected chi connectivity index (χ4v) is 0.796. The molecule has 1 rings (SSSR count). The van der Waals surface area contributed by atoms with Gasteiger partial charge < -0.3 is 5.21 Å². The summed E-state index contributed by atoms with van der Waals surface area (Å²) in [6.07, 6.45) is 9.65. The molecule has 0 atom stereocenters. The predicted molar refractivity (Wildman–Crippen MR) is 36.7 cm³/mol. The van der Waals surface area contributed by atoms with Crippen molar-refractivity contribution in [2.24, 2.45) is 5.16 Å². The van der Waals surface area contributed by atoms with Crippen molar-refractivity contribution in [3.8, 4) is 0 Å². The molecule has 1 aliphatic carbocycles. The van der Waals surface area contributed by atoms with Crippen LogP contribution in [0.3, 0.4) is 0 Å². The van der Waals surface area contributed by atoms with Crippen LogP contribution in [-0.2, 0) is 0 Å². The Balaban J connectivity index is 2.58. The number of oxime groups is 1. The molecule has 0 spiro atoms. The van der Waals surface area contributed by atoms with Crippen molar-refractivity contribution in [3.05, 3.63) is 23.8 Å². The average Bonchev–Trinajstić information content (AvgIpc) is 1.91. The minimum absolute atomic E-state index is 0.990. The Morgan fingerprint density at radius 3 is 3.00 bits per heavy atom. The first-order valence-corrected chi connectivity index (χ1v) is 2.97. The van der Waals surface area contributed by atoms with Crippen molar-refractivity contribution in [3.63, 3.8) is 0 Å². The molecule has 0 fully saturated rings. The Hall–Kier alpha value is -1.05. The highest BCUT2D eigenvalue weighted by atomic mass is 16.4. The highest BCUT2D eigenvalue weighted by Gasteiger charge is 1.91. The average molecular weight is 123 g/mol. The van der Waals surface area contributed by atoms with Crippen molar-refractivity contribution in [2.45, 2.75) is 12.8 Å². The first-order valence-electron chi connectivity index (χ1n) is 2.97. The summed E-state index contributed by atoms with van der Waals surface area (Å²) >= 11 is 0. The van der Waals surface area contributed by atoms with Gasteiger partial charge in [-0.15, -0.1) is 0 Å². The molecule has 0 aromatic rings. The number of rotatable bonds is 1. The van der Waals surface area contributed by atoms with E-state index >= 15 is 0 Å². The lowest BCUT2D eigenvalue weighted by molar-refractivity contribution is 0.322. The van der Waals surface area contributed by atoms with Gasteiger partial charge in [-0.25, -0.2) is 0 Å². The first kappa shape index (κ1) is 6.08. The van der Waals surface area contributed by atoms with Gasteiger partial charge in [0.05, 0.1) is 6.21 Å². The summed E-state index contributed by atoms with van der Waals surface area (Å²) in [5.74, 6) is 0. The van der Waals surface area contributed by atoms with Gasteiger partial charge in [0.15, 0.2) is 0 Å². The fraction of sp³-hybridized carbons (Fsp3) is 0.286. The molecule has 48 valence electrons. The standard InChI is InChI=1S/C7H9NO/c9-8-6-7-4-2-1-3-5-7/h2,4-6,9H,1,3H2/b8-6-. The third-order valence-electron chi connectivity index (χ3n) is 1.23. The van der Waals surface area contributed by atoms with Gasteiger partial charge in [-0.1, -0.05) is 23.4 Å². The van der Waals surface area contributed by atoms with Gasteiger partial charge in [0, 0.05) is 0 Å². The monoisotopic (exact) mass is 123 g/mol. The van der Waals surface area contributed by atoms with Gasteiger partial charge in [0.1, 0.15) is 0 Å². The number of hydrogen-bond donors (Lipinski definition) is 1. The fourth-order valence-electron chi connectivity index (χ4n) is 0.796. The lowest BCUT2D eigenvalue weighted by atomic mass is 10.1. The quantitative estimate of drug-likeness (QED) is 0.321. The zero-order valence-electron chi connectivity index (χ0n) is 5.12. The van der Waals surface area contributed by atoms with E-state index in [0.717, 1.165) is 18.4 Å². The van der Waals surface area contributed by atoms with Crippen LogP contribution in [0.5, 0.6) is 0 Å². The third kappa shape index (κ3) is 1.72. The van der Waals surface area contributed by atoms with Gasteiger partial charge in [-0.2, -0.15) is 0 Å². The molecular formula is C7H9NO. The van der Waals surface area contributed by atoms with Gasteiger partial charge in [-0.05, 0) is 18.4 Å². The topological polar surface area (TPSA) is 32.6 Å². The largest absolute Gasteiger partial charge is 0.411 e. The SMILES string of the molecule is O/N=C\C1=CCCC=C1. The molecule has 1 aliphatic rings. The molecule has 0 aromatic heterocycles. The van der Waals surface area contributed by atoms with Gasteiger partial charge >= 0.3 is 0 Å². The van der Waals surface area contributed by atoms with Crippen molar-refractivity contribution in [2.75, 3.05) is 0 Å². The van der Waals surface area contributed by atoms with E-state index in [9.17, 15) is 0 Å². The van der Waals surface area contributed by atoms with Crippen LogP contribution in [-0.4, -0.2) is 11.4 Å². The molecule has 0 heterocycles. The van der Waals surface area contributed by atoms with E-state index in [1.807, 2.05) is 12.2 Å². The summed E-state index contributed by atoms with van der Waals surface area (Å²) < 4.78 is 0. The van der Waals surface area contributed by atoms with Gasteiger partial charge in [-0.3, -0.25) is 0 Å². The molecule has 0 saturated carbocycles. The minimum atomic E-state index is 0.990. The molecule has 1 N–H and O–H groups in total. The summed E-state index contributed by atoms with van der Waals surface area (Å²) in [4.78, 5) is 0. The van der Waals surface area contributed by atoms with Crippen LogP contribution in [0.1, 0.15) is 12.8 Å². The molecule has 2 nitrogen and oxygen atoms in total. The van der Waals surface area contributed by atoms with E-state index in [1.165, 1.54) is 6.21 Å². The molecule has 9 heavy (non-hydrogen) atoms. The van der Waals surface area contributed by atoms with E-state index in [0.29, 0.717) is 0 Å². The van der Waals surface area contributed by atoms with E-state index in [4.69, 9.17) is 5.21 Å². The summed E-state index contributed by atoms with van der Waals surface area (Å²) in [5, 5.41) is 11.0. The van der Waals surface area contributed by atoms with Crippen LogP contribution >= 0.6 is 0 Å². The lowest BCUT2D eigenvalue weighted by Gasteiger charge is -1.97. The molecule has 0 aliphatic heterocycles. The minimum Gasteiger partial charge on any atom is -0.411 e. The van der Waals surface area contributed by atoms with Crippen LogP contribution < -0.4 is 0 Å². The van der Waals surface area contributed by atoms with Crippen LogP contribution in [0.15, 0.2) is 29.0 Å². The maximum absolute atomic E-state index is 8.11. The Labute approximate surface area is 54.2 Å². The number of nitrogens with zero attached hydrogens (tertiary/aromatic N) is 1. The smallest absolute Gasteiger partial charge is 0.0730 e. The molecule has 0 saturated heterocycles. The molecule has 2 heteroatoms. The van der Waals surface area contributed by atoms with Crippen molar-refractivity contribution in [1.82, 2.24) is 0 Å². The van der Waals surface area contributed by atoms with Crippen LogP contribution in [0.2, 0.25) is 0 Å². The van der Waals surface area contributed by atoms with Crippen LogP contribution in [0.4, 0.5) is 0 Å². The van der Waals surface area contributed by atoms with Crippen LogP contribution in [0.25, 0.3) is 0 Å². The van der Waals surface area contributed by atoms with Gasteiger partial charge in [0.2, 0.25) is 0 Å². The highest BCUT2D eigenvalue weighted by molar-refractivity contribution is 5.81. The van der Waals surface area contributed by atoms with Crippen molar-refractivity contribution in [1.29, 1.82) is 0 Å². The highest BCUT2D eigenvalue weighted by Crippen LogP contribution is 2.06. The van der Waals surface area contributed by atoms with E-state index in [2.05, 4.69) is 11.2 Å². The molecule has 0 amide bonds. The summed E-state index contributed by atoms with van der Waals surface area (Å²) in [6.45, 7) is 0. The zero-order chi connectivity index (χ0) is 6.53. The predicted octanol–water partition coefficient (Wildman–Crippen LogP) is 1.72. The third-order valence-corrected chi connectivity index (χ3v) is 1.23. The second-order valence-electron chi connectivity index (χ2n) is 1.93. The Kier molecular flexibility index (Phi) is 2.07. The van der Waals surface area contributed by atoms with E-state index in [-0.39, 0.29) is 0 Å². The lowest BCUT2D eigenvalue weighted by Crippen LogP contribution is -1.84. The van der Waals surface area contributed by atoms with Gasteiger partial charge in [0.25, 0.3) is 0 Å².